The van der Waals surface area contributed by atoms with Gasteiger partial charge in [-0.05, 0) is 24.6 Å². The van der Waals surface area contributed by atoms with E-state index in [4.69, 9.17) is 16.6 Å². The van der Waals surface area contributed by atoms with E-state index >= 15 is 0 Å². The number of nitro benzene ring substituents is 1. The zero-order valence-electron chi connectivity index (χ0n) is 16.5. The van der Waals surface area contributed by atoms with Gasteiger partial charge in [-0.3, -0.25) is 19.7 Å². The molecular formula is C21H18ClN5O4. The largest absolute Gasteiger partial charge is 0.475 e. The second-order valence-corrected chi connectivity index (χ2v) is 7.56. The van der Waals surface area contributed by atoms with Crippen LogP contribution in [-0.2, 0) is 0 Å². The Balaban J connectivity index is 2.02. The van der Waals surface area contributed by atoms with E-state index in [0.717, 1.165) is 12.8 Å². The van der Waals surface area contributed by atoms with E-state index < -0.39 is 16.9 Å². The Kier molecular flexibility index (Phi) is 5.51. The summed E-state index contributed by atoms with van der Waals surface area (Å²) in [7, 11) is 0. The van der Waals surface area contributed by atoms with Crippen molar-refractivity contribution >= 4 is 29.0 Å². The number of aromatic nitrogens is 3. The van der Waals surface area contributed by atoms with E-state index in [9.17, 15) is 20.0 Å². The number of nitrogens with zero attached hydrogens (tertiary/aromatic N) is 5. The lowest BCUT2D eigenvalue weighted by molar-refractivity contribution is -0.384. The Bertz CT molecular complexity index is 1220. The molecule has 1 N–H and O–H groups in total. The third kappa shape index (κ3) is 3.79. The molecule has 3 aromatic rings. The van der Waals surface area contributed by atoms with Crippen LogP contribution in [0.3, 0.4) is 0 Å². The molecule has 31 heavy (non-hydrogen) atoms. The normalized spacial score (nSPS) is 14.9. The van der Waals surface area contributed by atoms with Gasteiger partial charge in [0.1, 0.15) is 6.04 Å². The number of carboxylic acids is 1. The van der Waals surface area contributed by atoms with Crippen molar-refractivity contribution in [2.24, 2.45) is 4.99 Å². The van der Waals surface area contributed by atoms with Crippen LogP contribution >= 0.6 is 11.6 Å². The lowest BCUT2D eigenvalue weighted by atomic mass is 9.99. The van der Waals surface area contributed by atoms with Crippen LogP contribution in [-0.4, -0.2) is 36.5 Å². The first-order valence-corrected chi connectivity index (χ1v) is 10.1. The molecule has 2 heterocycles. The van der Waals surface area contributed by atoms with Crippen LogP contribution in [0, 0.1) is 10.1 Å². The van der Waals surface area contributed by atoms with E-state index in [2.05, 4.69) is 10.2 Å². The van der Waals surface area contributed by atoms with Crippen LogP contribution in [0.1, 0.15) is 59.8 Å². The molecular weight excluding hydrogens is 422 g/mol. The van der Waals surface area contributed by atoms with Gasteiger partial charge < -0.3 is 5.11 Å². The second kappa shape index (κ2) is 8.27. The topological polar surface area (TPSA) is 124 Å². The zero-order valence-corrected chi connectivity index (χ0v) is 17.3. The van der Waals surface area contributed by atoms with Crippen LogP contribution < -0.4 is 0 Å². The van der Waals surface area contributed by atoms with Gasteiger partial charge in [-0.2, -0.15) is 0 Å². The summed E-state index contributed by atoms with van der Waals surface area (Å²) in [4.78, 5) is 27.6. The minimum atomic E-state index is -1.22. The summed E-state index contributed by atoms with van der Waals surface area (Å²) >= 11 is 6.27. The maximum absolute atomic E-state index is 11.9. The number of fused-ring (bicyclic) bond motifs is 3. The minimum Gasteiger partial charge on any atom is -0.475 e. The minimum absolute atomic E-state index is 0.0660. The number of hydrogen-bond acceptors (Lipinski definition) is 6. The summed E-state index contributed by atoms with van der Waals surface area (Å²) in [6, 6.07) is 10.7. The number of non-ortho nitro benzene ring substituents is 1. The molecule has 4 rings (SSSR count). The molecule has 2 aromatic carbocycles. The van der Waals surface area contributed by atoms with Crippen molar-refractivity contribution in [3.8, 4) is 5.69 Å². The van der Waals surface area contributed by atoms with Crippen molar-refractivity contribution in [3.05, 3.63) is 80.4 Å². The maximum Gasteiger partial charge on any atom is 0.374 e. The summed E-state index contributed by atoms with van der Waals surface area (Å²) in [6.45, 7) is 2.05. The van der Waals surface area contributed by atoms with Crippen molar-refractivity contribution in [2.75, 3.05) is 0 Å². The summed E-state index contributed by atoms with van der Waals surface area (Å²) < 4.78 is 1.49. The van der Waals surface area contributed by atoms with E-state index in [-0.39, 0.29) is 11.5 Å². The van der Waals surface area contributed by atoms with Gasteiger partial charge in [0.2, 0.25) is 5.82 Å². The average molecular weight is 440 g/mol. The van der Waals surface area contributed by atoms with Crippen LogP contribution in [0.2, 0.25) is 5.02 Å². The highest BCUT2D eigenvalue weighted by molar-refractivity contribution is 6.31. The average Bonchev–Trinajstić information content (AvgIpc) is 3.14. The number of benzene rings is 2. The number of aliphatic imine (C=N–C) groups is 1. The first-order chi connectivity index (χ1) is 14.9. The molecule has 10 heteroatoms. The Hall–Kier alpha value is -3.59. The molecule has 0 saturated carbocycles. The van der Waals surface area contributed by atoms with Crippen LogP contribution in [0.4, 0.5) is 5.69 Å². The van der Waals surface area contributed by atoms with Gasteiger partial charge >= 0.3 is 5.97 Å². The number of rotatable bonds is 6. The van der Waals surface area contributed by atoms with Crippen LogP contribution in [0.15, 0.2) is 47.5 Å². The summed E-state index contributed by atoms with van der Waals surface area (Å²) in [5.74, 6) is -1.03. The maximum atomic E-state index is 11.9. The fourth-order valence-electron chi connectivity index (χ4n) is 3.65. The third-order valence-corrected chi connectivity index (χ3v) is 5.31. The second-order valence-electron chi connectivity index (χ2n) is 7.13. The van der Waals surface area contributed by atoms with E-state index in [1.165, 1.54) is 16.7 Å². The lowest BCUT2D eigenvalue weighted by Crippen LogP contribution is -2.13. The number of carbonyl (C=O) groups is 1. The van der Waals surface area contributed by atoms with Crippen molar-refractivity contribution < 1.29 is 14.8 Å². The van der Waals surface area contributed by atoms with Crippen molar-refractivity contribution in [1.29, 1.82) is 0 Å². The smallest absolute Gasteiger partial charge is 0.374 e. The molecule has 0 fully saturated rings. The molecule has 0 radical (unpaired) electrons. The van der Waals surface area contributed by atoms with Gasteiger partial charge in [0, 0.05) is 28.3 Å². The zero-order chi connectivity index (χ0) is 22.1. The molecule has 1 atom stereocenters. The Morgan fingerprint density at radius 1 is 1.26 bits per heavy atom. The van der Waals surface area contributed by atoms with E-state index in [1.807, 2.05) is 6.92 Å². The van der Waals surface area contributed by atoms with Gasteiger partial charge in [-0.1, -0.05) is 43.5 Å². The Morgan fingerprint density at radius 3 is 2.77 bits per heavy atom. The molecule has 158 valence electrons. The predicted molar refractivity (Wildman–Crippen MR) is 114 cm³/mol. The summed E-state index contributed by atoms with van der Waals surface area (Å²) in [6.07, 6.45) is 2.37. The van der Waals surface area contributed by atoms with Gasteiger partial charge in [0.25, 0.3) is 5.69 Å². The van der Waals surface area contributed by atoms with Gasteiger partial charge in [0.05, 0.1) is 16.3 Å². The molecule has 1 aromatic heterocycles. The van der Waals surface area contributed by atoms with Crippen molar-refractivity contribution in [2.45, 2.75) is 32.2 Å². The quantitative estimate of drug-likeness (QED) is 0.441. The molecule has 1 unspecified atom stereocenters. The lowest BCUT2D eigenvalue weighted by Gasteiger charge is -2.13. The molecule has 1 aliphatic rings. The number of carboxylic acid groups (broad SMARTS) is 1. The number of hydrogen-bond donors (Lipinski definition) is 1. The summed E-state index contributed by atoms with van der Waals surface area (Å²) in [5, 5.41) is 29.5. The van der Waals surface area contributed by atoms with Gasteiger partial charge in [-0.15, -0.1) is 10.2 Å². The highest BCUT2D eigenvalue weighted by Gasteiger charge is 2.31. The molecule has 0 spiro atoms. The van der Waals surface area contributed by atoms with Gasteiger partial charge in [-0.25, -0.2) is 4.79 Å². The number of aromatic carboxylic acids is 1. The van der Waals surface area contributed by atoms with Crippen LogP contribution in [0.25, 0.3) is 5.69 Å². The Morgan fingerprint density at radius 2 is 2.06 bits per heavy atom. The molecule has 0 amide bonds. The molecule has 0 saturated heterocycles. The molecule has 9 nitrogen and oxygen atoms in total. The highest BCUT2D eigenvalue weighted by atomic mass is 35.5. The SMILES string of the molecule is CCCCC1N=C(c2cccc([N+](=O)[O-])c2)c2cc(Cl)ccc2-n2c(C(=O)O)nnc21. The van der Waals surface area contributed by atoms with Crippen LogP contribution in [0.5, 0.6) is 0 Å². The molecule has 0 bridgehead atoms. The fraction of sp³-hybridized carbons (Fsp3) is 0.238. The summed E-state index contributed by atoms with van der Waals surface area (Å²) in [5.41, 5.74) is 2.02. The first kappa shape index (κ1) is 20.7. The number of unbranched alkanes of at least 4 members (excludes halogenated alkanes) is 1. The molecule has 1 aliphatic heterocycles. The fourth-order valence-corrected chi connectivity index (χ4v) is 3.82. The van der Waals surface area contributed by atoms with E-state index in [0.29, 0.717) is 39.8 Å². The van der Waals surface area contributed by atoms with E-state index in [1.54, 1.807) is 30.3 Å². The number of halogens is 1. The van der Waals surface area contributed by atoms with Gasteiger partial charge in [0.15, 0.2) is 5.82 Å². The highest BCUT2D eigenvalue weighted by Crippen LogP contribution is 2.35. The number of nitro groups is 1. The van der Waals surface area contributed by atoms with Crippen molar-refractivity contribution in [1.82, 2.24) is 14.8 Å². The van der Waals surface area contributed by atoms with Crippen molar-refractivity contribution in [3.63, 3.8) is 0 Å². The Labute approximate surface area is 182 Å². The monoisotopic (exact) mass is 439 g/mol. The first-order valence-electron chi connectivity index (χ1n) is 9.72. The molecule has 0 aliphatic carbocycles. The predicted octanol–water partition coefficient (Wildman–Crippen LogP) is 4.61. The standard InChI is InChI=1S/C21H18ClN5O4/c1-2-3-7-16-19-24-25-20(21(28)29)26(19)17-9-8-13(22)11-15(17)18(23-16)12-5-4-6-14(10-12)27(30)31/h4-6,8-11,16H,2-3,7H2,1H3,(H,28,29). The third-order valence-electron chi connectivity index (χ3n) is 5.08.